The van der Waals surface area contributed by atoms with Crippen LogP contribution in [-0.4, -0.2) is 12.0 Å². The quantitative estimate of drug-likeness (QED) is 0.925. The Balaban J connectivity index is 2.13. The summed E-state index contributed by atoms with van der Waals surface area (Å²) in [5, 5.41) is 3.15. The van der Waals surface area contributed by atoms with E-state index in [4.69, 9.17) is 0 Å². The van der Waals surface area contributed by atoms with Gasteiger partial charge in [-0.05, 0) is 42.8 Å². The SMILES string of the molecule is CNC(Cc1ccc(C(F)(F)F)cc1)c1cccnc1. The molecule has 5 heteroatoms. The Kier molecular flexibility index (Phi) is 4.39. The standard InChI is InChI=1S/C15H15F3N2/c1-19-14(12-3-2-8-20-10-12)9-11-4-6-13(7-5-11)15(16,17)18/h2-8,10,14,19H,9H2,1H3. The molecule has 0 fully saturated rings. The van der Waals surface area contributed by atoms with E-state index in [1.165, 1.54) is 12.1 Å². The minimum atomic E-state index is -4.29. The predicted molar refractivity (Wildman–Crippen MR) is 71.2 cm³/mol. The molecule has 0 aliphatic carbocycles. The molecule has 20 heavy (non-hydrogen) atoms. The molecule has 1 N–H and O–H groups in total. The van der Waals surface area contributed by atoms with Crippen molar-refractivity contribution in [3.8, 4) is 0 Å². The molecule has 0 aliphatic heterocycles. The number of rotatable bonds is 4. The minimum absolute atomic E-state index is 0.0282. The molecule has 0 aliphatic rings. The Hall–Kier alpha value is -1.88. The van der Waals surface area contributed by atoms with Gasteiger partial charge in [0.15, 0.2) is 0 Å². The smallest absolute Gasteiger partial charge is 0.313 e. The molecule has 1 aromatic heterocycles. The maximum absolute atomic E-state index is 12.5. The number of alkyl halides is 3. The maximum Gasteiger partial charge on any atom is 0.416 e. The lowest BCUT2D eigenvalue weighted by Gasteiger charge is -2.16. The van der Waals surface area contributed by atoms with Crippen molar-refractivity contribution >= 4 is 0 Å². The van der Waals surface area contributed by atoms with Gasteiger partial charge in [0.1, 0.15) is 0 Å². The largest absolute Gasteiger partial charge is 0.416 e. The molecular formula is C15H15F3N2. The first-order valence-electron chi connectivity index (χ1n) is 6.24. The zero-order chi connectivity index (χ0) is 14.6. The fourth-order valence-corrected chi connectivity index (χ4v) is 2.03. The number of benzene rings is 1. The summed E-state index contributed by atoms with van der Waals surface area (Å²) in [6.45, 7) is 0. The Bertz CT molecular complexity index is 535. The van der Waals surface area contributed by atoms with E-state index in [2.05, 4.69) is 10.3 Å². The van der Waals surface area contributed by atoms with Crippen molar-refractivity contribution in [1.29, 1.82) is 0 Å². The molecule has 2 aromatic rings. The molecule has 1 atom stereocenters. The van der Waals surface area contributed by atoms with E-state index in [0.717, 1.165) is 23.3 Å². The van der Waals surface area contributed by atoms with Crippen LogP contribution < -0.4 is 5.32 Å². The van der Waals surface area contributed by atoms with Crippen LogP contribution in [0.1, 0.15) is 22.7 Å². The van der Waals surface area contributed by atoms with E-state index in [1.54, 1.807) is 12.4 Å². The predicted octanol–water partition coefficient (Wildman–Crippen LogP) is 3.60. The van der Waals surface area contributed by atoms with E-state index in [-0.39, 0.29) is 6.04 Å². The Morgan fingerprint density at radius 1 is 1.15 bits per heavy atom. The molecule has 2 rings (SSSR count). The van der Waals surface area contributed by atoms with Crippen molar-refractivity contribution in [1.82, 2.24) is 10.3 Å². The normalized spacial score (nSPS) is 13.2. The van der Waals surface area contributed by atoms with E-state index in [1.807, 2.05) is 19.2 Å². The summed E-state index contributed by atoms with van der Waals surface area (Å²) in [5.74, 6) is 0. The molecule has 0 saturated carbocycles. The van der Waals surface area contributed by atoms with Crippen LogP contribution in [-0.2, 0) is 12.6 Å². The third kappa shape index (κ3) is 3.57. The summed E-state index contributed by atoms with van der Waals surface area (Å²) in [6, 6.07) is 9.08. The van der Waals surface area contributed by atoms with Crippen LogP contribution >= 0.6 is 0 Å². The van der Waals surface area contributed by atoms with Gasteiger partial charge in [-0.3, -0.25) is 4.98 Å². The number of hydrogen-bond donors (Lipinski definition) is 1. The van der Waals surface area contributed by atoms with Gasteiger partial charge in [0.25, 0.3) is 0 Å². The lowest BCUT2D eigenvalue weighted by atomic mass is 9.99. The monoisotopic (exact) mass is 280 g/mol. The van der Waals surface area contributed by atoms with Crippen LogP contribution in [0.5, 0.6) is 0 Å². The van der Waals surface area contributed by atoms with Gasteiger partial charge in [0.2, 0.25) is 0 Å². The molecule has 1 heterocycles. The second-order valence-electron chi connectivity index (χ2n) is 4.53. The fourth-order valence-electron chi connectivity index (χ4n) is 2.03. The first kappa shape index (κ1) is 14.5. The summed E-state index contributed by atoms with van der Waals surface area (Å²) < 4.78 is 37.5. The van der Waals surface area contributed by atoms with Gasteiger partial charge in [-0.1, -0.05) is 18.2 Å². The third-order valence-corrected chi connectivity index (χ3v) is 3.16. The number of likely N-dealkylation sites (N-methyl/N-ethyl adjacent to an activating group) is 1. The summed E-state index contributed by atoms with van der Waals surface area (Å²) in [5.41, 5.74) is 1.24. The first-order valence-corrected chi connectivity index (χ1v) is 6.24. The summed E-state index contributed by atoms with van der Waals surface area (Å²) in [6.07, 6.45) is -0.232. The van der Waals surface area contributed by atoms with E-state index in [0.29, 0.717) is 6.42 Å². The lowest BCUT2D eigenvalue weighted by molar-refractivity contribution is -0.137. The first-order chi connectivity index (χ1) is 9.50. The van der Waals surface area contributed by atoms with Gasteiger partial charge in [0, 0.05) is 18.4 Å². The third-order valence-electron chi connectivity index (χ3n) is 3.16. The van der Waals surface area contributed by atoms with E-state index < -0.39 is 11.7 Å². The average molecular weight is 280 g/mol. The van der Waals surface area contributed by atoms with Gasteiger partial charge in [0.05, 0.1) is 5.56 Å². The van der Waals surface area contributed by atoms with Crippen LogP contribution in [0.3, 0.4) is 0 Å². The Morgan fingerprint density at radius 3 is 2.35 bits per heavy atom. The Morgan fingerprint density at radius 2 is 1.85 bits per heavy atom. The number of pyridine rings is 1. The van der Waals surface area contributed by atoms with Crippen LogP contribution in [0.4, 0.5) is 13.2 Å². The average Bonchev–Trinajstić information content (AvgIpc) is 2.45. The number of hydrogen-bond acceptors (Lipinski definition) is 2. The number of nitrogens with one attached hydrogen (secondary N) is 1. The maximum atomic E-state index is 12.5. The van der Waals surface area contributed by atoms with Gasteiger partial charge < -0.3 is 5.32 Å². The molecular weight excluding hydrogens is 265 g/mol. The molecule has 1 unspecified atom stereocenters. The van der Waals surface area contributed by atoms with Crippen LogP contribution in [0, 0.1) is 0 Å². The van der Waals surface area contributed by atoms with Crippen molar-refractivity contribution in [2.45, 2.75) is 18.6 Å². The molecule has 0 saturated heterocycles. The van der Waals surface area contributed by atoms with Crippen LogP contribution in [0.25, 0.3) is 0 Å². The highest BCUT2D eigenvalue weighted by atomic mass is 19.4. The highest BCUT2D eigenvalue weighted by Crippen LogP contribution is 2.29. The minimum Gasteiger partial charge on any atom is -0.313 e. The number of nitrogens with zero attached hydrogens (tertiary/aromatic N) is 1. The molecule has 0 amide bonds. The van der Waals surface area contributed by atoms with E-state index in [9.17, 15) is 13.2 Å². The zero-order valence-electron chi connectivity index (χ0n) is 11.0. The lowest BCUT2D eigenvalue weighted by Crippen LogP contribution is -2.19. The van der Waals surface area contributed by atoms with Crippen molar-refractivity contribution < 1.29 is 13.2 Å². The second kappa shape index (κ2) is 6.05. The highest BCUT2D eigenvalue weighted by molar-refractivity contribution is 5.27. The van der Waals surface area contributed by atoms with Crippen molar-refractivity contribution in [3.05, 3.63) is 65.5 Å². The van der Waals surface area contributed by atoms with Gasteiger partial charge >= 0.3 is 6.18 Å². The summed E-state index contributed by atoms with van der Waals surface area (Å²) in [7, 11) is 1.82. The molecule has 0 spiro atoms. The van der Waals surface area contributed by atoms with E-state index >= 15 is 0 Å². The molecule has 1 aromatic carbocycles. The fraction of sp³-hybridized carbons (Fsp3) is 0.267. The molecule has 106 valence electrons. The van der Waals surface area contributed by atoms with Crippen LogP contribution in [0.2, 0.25) is 0 Å². The second-order valence-corrected chi connectivity index (χ2v) is 4.53. The summed E-state index contributed by atoms with van der Waals surface area (Å²) in [4.78, 5) is 4.05. The van der Waals surface area contributed by atoms with Gasteiger partial charge in [-0.15, -0.1) is 0 Å². The zero-order valence-corrected chi connectivity index (χ0v) is 11.0. The van der Waals surface area contributed by atoms with Crippen molar-refractivity contribution in [2.75, 3.05) is 7.05 Å². The molecule has 0 radical (unpaired) electrons. The summed E-state index contributed by atoms with van der Waals surface area (Å²) >= 11 is 0. The Labute approximate surface area is 115 Å². The van der Waals surface area contributed by atoms with Crippen molar-refractivity contribution in [2.24, 2.45) is 0 Å². The number of halogens is 3. The molecule has 0 bridgehead atoms. The van der Waals surface area contributed by atoms with Gasteiger partial charge in [-0.25, -0.2) is 0 Å². The topological polar surface area (TPSA) is 24.9 Å². The number of aromatic nitrogens is 1. The highest BCUT2D eigenvalue weighted by Gasteiger charge is 2.29. The van der Waals surface area contributed by atoms with Crippen LogP contribution in [0.15, 0.2) is 48.8 Å². The van der Waals surface area contributed by atoms with Crippen molar-refractivity contribution in [3.63, 3.8) is 0 Å². The molecule has 2 nitrogen and oxygen atoms in total. The van der Waals surface area contributed by atoms with Gasteiger partial charge in [-0.2, -0.15) is 13.2 Å².